The van der Waals surface area contributed by atoms with Gasteiger partial charge < -0.3 is 14.5 Å². The van der Waals surface area contributed by atoms with E-state index in [1.54, 1.807) is 51.1 Å². The van der Waals surface area contributed by atoms with Crippen molar-refractivity contribution in [2.24, 2.45) is 0 Å². The summed E-state index contributed by atoms with van der Waals surface area (Å²) in [5, 5.41) is 3.06. The van der Waals surface area contributed by atoms with Crippen LogP contribution in [0.4, 0.5) is 5.69 Å². The van der Waals surface area contributed by atoms with Gasteiger partial charge in [0.25, 0.3) is 5.91 Å². The zero-order valence-electron chi connectivity index (χ0n) is 19.0. The molecule has 0 saturated carbocycles. The van der Waals surface area contributed by atoms with E-state index in [2.05, 4.69) is 12.2 Å². The van der Waals surface area contributed by atoms with Crippen LogP contribution in [0.1, 0.15) is 73.4 Å². The van der Waals surface area contributed by atoms with Crippen LogP contribution in [0, 0.1) is 0 Å². The quantitative estimate of drug-likeness (QED) is 0.378. The first kappa shape index (κ1) is 23.3. The van der Waals surface area contributed by atoms with E-state index in [1.165, 1.54) is 12.0 Å². The number of fused-ring (bicyclic) bond motifs is 1. The number of carbonyl (C=O) groups is 2. The number of hydrogen-bond acceptors (Lipinski definition) is 5. The third kappa shape index (κ3) is 5.84. The van der Waals surface area contributed by atoms with Crippen LogP contribution in [-0.4, -0.2) is 17.5 Å². The Morgan fingerprint density at radius 3 is 2.41 bits per heavy atom. The molecule has 3 rings (SSSR count). The highest BCUT2D eigenvalue weighted by atomic mass is 16.6. The highest BCUT2D eigenvalue weighted by Crippen LogP contribution is 2.24. The lowest BCUT2D eigenvalue weighted by atomic mass is 10.0. The lowest BCUT2D eigenvalue weighted by Crippen LogP contribution is -2.24. The van der Waals surface area contributed by atoms with Gasteiger partial charge in [0.2, 0.25) is 5.76 Å². The molecule has 0 aliphatic heterocycles. The second-order valence-corrected chi connectivity index (χ2v) is 8.77. The molecule has 0 aliphatic rings. The standard InChI is InChI=1S/C26H29NO5/c1-5-6-7-9-17-12-14-18(15-13-17)24(29)27-20-11-8-10-19-21(28)16-22(31-23(19)20)25(30)32-26(2,3)4/h8,10-16H,5-7,9H2,1-4H3,(H,27,29). The normalized spacial score (nSPS) is 11.4. The SMILES string of the molecule is CCCCCc1ccc(C(=O)Nc2cccc3c(=O)cc(C(=O)OC(C)(C)C)oc23)cc1. The predicted octanol–water partition coefficient (Wildman–Crippen LogP) is 5.73. The van der Waals surface area contributed by atoms with Crippen LogP contribution < -0.4 is 10.7 Å². The Morgan fingerprint density at radius 2 is 1.75 bits per heavy atom. The minimum atomic E-state index is -0.740. The first-order valence-electron chi connectivity index (χ1n) is 10.9. The molecule has 0 bridgehead atoms. The molecule has 1 N–H and O–H groups in total. The van der Waals surface area contributed by atoms with Gasteiger partial charge in [-0.2, -0.15) is 0 Å². The first-order chi connectivity index (χ1) is 15.2. The fraction of sp³-hybridized carbons (Fsp3) is 0.346. The monoisotopic (exact) mass is 435 g/mol. The number of esters is 1. The van der Waals surface area contributed by atoms with Crippen LogP contribution in [0.3, 0.4) is 0 Å². The number of para-hydroxylation sites is 1. The molecule has 1 heterocycles. The second kappa shape index (κ2) is 9.81. The molecular weight excluding hydrogens is 406 g/mol. The summed E-state index contributed by atoms with van der Waals surface area (Å²) in [4.78, 5) is 37.7. The van der Waals surface area contributed by atoms with Crippen molar-refractivity contribution in [1.82, 2.24) is 0 Å². The van der Waals surface area contributed by atoms with E-state index >= 15 is 0 Å². The molecule has 0 atom stereocenters. The molecule has 0 radical (unpaired) electrons. The summed E-state index contributed by atoms with van der Waals surface area (Å²) in [6.07, 6.45) is 4.45. The Kier molecular flexibility index (Phi) is 7.13. The van der Waals surface area contributed by atoms with Gasteiger partial charge in [-0.25, -0.2) is 4.79 Å². The van der Waals surface area contributed by atoms with Crippen LogP contribution >= 0.6 is 0 Å². The molecule has 0 fully saturated rings. The number of amides is 1. The van der Waals surface area contributed by atoms with Crippen molar-refractivity contribution in [3.05, 3.63) is 75.6 Å². The van der Waals surface area contributed by atoms with Crippen molar-refractivity contribution < 1.29 is 18.7 Å². The van der Waals surface area contributed by atoms with Gasteiger partial charge in [0.15, 0.2) is 11.0 Å². The minimum Gasteiger partial charge on any atom is -0.454 e. The Bertz CT molecular complexity index is 1170. The van der Waals surface area contributed by atoms with E-state index in [4.69, 9.17) is 9.15 Å². The highest BCUT2D eigenvalue weighted by molar-refractivity contribution is 6.08. The molecule has 1 amide bonds. The molecule has 6 nitrogen and oxygen atoms in total. The molecule has 0 spiro atoms. The van der Waals surface area contributed by atoms with Crippen LogP contribution in [0.15, 0.2) is 57.7 Å². The molecule has 3 aromatic rings. The number of aryl methyl sites for hydroxylation is 1. The maximum Gasteiger partial charge on any atom is 0.374 e. The lowest BCUT2D eigenvalue weighted by molar-refractivity contribution is 0.00364. The number of ether oxygens (including phenoxy) is 1. The van der Waals surface area contributed by atoms with Crippen molar-refractivity contribution in [2.75, 3.05) is 5.32 Å². The zero-order chi connectivity index (χ0) is 23.3. The average molecular weight is 436 g/mol. The van der Waals surface area contributed by atoms with Crippen LogP contribution in [0.2, 0.25) is 0 Å². The number of carbonyl (C=O) groups excluding carboxylic acids is 2. The Hall–Kier alpha value is -3.41. The molecule has 1 aromatic heterocycles. The minimum absolute atomic E-state index is 0.130. The number of benzene rings is 2. The van der Waals surface area contributed by atoms with E-state index in [1.807, 2.05) is 12.1 Å². The fourth-order valence-corrected chi connectivity index (χ4v) is 3.30. The van der Waals surface area contributed by atoms with E-state index < -0.39 is 11.6 Å². The zero-order valence-corrected chi connectivity index (χ0v) is 19.0. The van der Waals surface area contributed by atoms with E-state index in [0.717, 1.165) is 25.3 Å². The van der Waals surface area contributed by atoms with E-state index in [9.17, 15) is 14.4 Å². The molecule has 32 heavy (non-hydrogen) atoms. The van der Waals surface area contributed by atoms with E-state index in [-0.39, 0.29) is 28.1 Å². The molecule has 0 unspecified atom stereocenters. The third-order valence-electron chi connectivity index (χ3n) is 4.89. The van der Waals surface area contributed by atoms with Gasteiger partial charge in [0, 0.05) is 11.6 Å². The van der Waals surface area contributed by atoms with Gasteiger partial charge in [-0.05, 0) is 63.4 Å². The van der Waals surface area contributed by atoms with Gasteiger partial charge >= 0.3 is 5.97 Å². The van der Waals surface area contributed by atoms with Gasteiger partial charge in [-0.3, -0.25) is 9.59 Å². The smallest absolute Gasteiger partial charge is 0.374 e. The van der Waals surface area contributed by atoms with Crippen molar-refractivity contribution in [3.8, 4) is 0 Å². The number of nitrogens with one attached hydrogen (secondary N) is 1. The van der Waals surface area contributed by atoms with Crippen LogP contribution in [-0.2, 0) is 11.2 Å². The van der Waals surface area contributed by atoms with Crippen molar-refractivity contribution in [1.29, 1.82) is 0 Å². The summed E-state index contributed by atoms with van der Waals surface area (Å²) in [7, 11) is 0. The van der Waals surface area contributed by atoms with E-state index in [0.29, 0.717) is 11.3 Å². The first-order valence-corrected chi connectivity index (χ1v) is 10.9. The maximum atomic E-state index is 12.8. The third-order valence-corrected chi connectivity index (χ3v) is 4.89. The average Bonchev–Trinajstić information content (AvgIpc) is 2.73. The summed E-state index contributed by atoms with van der Waals surface area (Å²) in [5.41, 5.74) is 0.994. The predicted molar refractivity (Wildman–Crippen MR) is 125 cm³/mol. The topological polar surface area (TPSA) is 85.6 Å². The number of hydrogen-bond donors (Lipinski definition) is 1. The van der Waals surface area contributed by atoms with Gasteiger partial charge in [0.05, 0.1) is 11.1 Å². The lowest BCUT2D eigenvalue weighted by Gasteiger charge is -2.19. The number of anilines is 1. The van der Waals surface area contributed by atoms with Crippen LogP contribution in [0.5, 0.6) is 0 Å². The van der Waals surface area contributed by atoms with Crippen molar-refractivity contribution in [3.63, 3.8) is 0 Å². The largest absolute Gasteiger partial charge is 0.454 e. The summed E-state index contributed by atoms with van der Waals surface area (Å²) in [5.74, 6) is -1.28. The van der Waals surface area contributed by atoms with Gasteiger partial charge in [-0.15, -0.1) is 0 Å². The molecule has 0 aliphatic carbocycles. The Labute approximate surface area is 187 Å². The summed E-state index contributed by atoms with van der Waals surface area (Å²) < 4.78 is 11.0. The second-order valence-electron chi connectivity index (χ2n) is 8.77. The summed E-state index contributed by atoms with van der Waals surface area (Å²) in [6.45, 7) is 7.35. The van der Waals surface area contributed by atoms with Gasteiger partial charge in [0.1, 0.15) is 5.60 Å². The van der Waals surface area contributed by atoms with Gasteiger partial charge in [-0.1, -0.05) is 38.0 Å². The summed E-state index contributed by atoms with van der Waals surface area (Å²) >= 11 is 0. The molecule has 2 aromatic carbocycles. The van der Waals surface area contributed by atoms with Crippen molar-refractivity contribution >= 4 is 28.5 Å². The highest BCUT2D eigenvalue weighted by Gasteiger charge is 2.22. The fourth-order valence-electron chi connectivity index (χ4n) is 3.30. The molecule has 168 valence electrons. The molecular formula is C26H29NO5. The molecule has 6 heteroatoms. The maximum absolute atomic E-state index is 12.8. The number of rotatable bonds is 7. The summed E-state index contributed by atoms with van der Waals surface area (Å²) in [6, 6.07) is 13.4. The van der Waals surface area contributed by atoms with Crippen molar-refractivity contribution in [2.45, 2.75) is 59.0 Å². The Morgan fingerprint density at radius 1 is 1.03 bits per heavy atom. The number of unbranched alkanes of at least 4 members (excludes halogenated alkanes) is 2. The molecule has 0 saturated heterocycles. The Balaban J connectivity index is 1.86. The van der Waals surface area contributed by atoms with Crippen LogP contribution in [0.25, 0.3) is 11.0 Å².